The van der Waals surface area contributed by atoms with Gasteiger partial charge in [-0.05, 0) is 81.0 Å². The number of rotatable bonds is 3. The Morgan fingerprint density at radius 3 is 2.42 bits per heavy atom. The van der Waals surface area contributed by atoms with E-state index in [9.17, 15) is 14.0 Å². The molecule has 2 atom stereocenters. The third kappa shape index (κ3) is 2.41. The minimum absolute atomic E-state index is 0.225. The number of primary amides is 1. The summed E-state index contributed by atoms with van der Waals surface area (Å²) < 4.78 is 13.6. The van der Waals surface area contributed by atoms with Crippen LogP contribution in [0.15, 0.2) is 18.2 Å². The first-order valence-electron chi connectivity index (χ1n) is 8.69. The lowest BCUT2D eigenvalue weighted by atomic mass is 9.46. The molecule has 1 aromatic rings. The average molecular weight is 330 g/mol. The fourth-order valence-corrected chi connectivity index (χ4v) is 5.88. The summed E-state index contributed by atoms with van der Waals surface area (Å²) in [6.07, 6.45) is 5.27. The monoisotopic (exact) mass is 330 g/mol. The highest BCUT2D eigenvalue weighted by Gasteiger charge is 2.60. The first kappa shape index (κ1) is 15.6. The zero-order chi connectivity index (χ0) is 17.1. The molecule has 2 amide bonds. The minimum Gasteiger partial charge on any atom is -0.369 e. The Morgan fingerprint density at radius 1 is 1.17 bits per heavy atom. The molecular weight excluding hydrogens is 307 g/mol. The van der Waals surface area contributed by atoms with Crippen molar-refractivity contribution in [2.75, 3.05) is 0 Å². The van der Waals surface area contributed by atoms with E-state index in [1.165, 1.54) is 12.1 Å². The first-order valence-corrected chi connectivity index (χ1v) is 8.69. The topological polar surface area (TPSA) is 72.2 Å². The molecule has 3 N–H and O–H groups in total. The molecule has 5 rings (SSSR count). The molecule has 0 aromatic heterocycles. The van der Waals surface area contributed by atoms with Crippen LogP contribution in [0.1, 0.15) is 54.4 Å². The van der Waals surface area contributed by atoms with Gasteiger partial charge < -0.3 is 11.1 Å². The van der Waals surface area contributed by atoms with Gasteiger partial charge in [0.25, 0.3) is 5.91 Å². The Labute approximate surface area is 141 Å². The molecule has 128 valence electrons. The summed E-state index contributed by atoms with van der Waals surface area (Å²) in [4.78, 5) is 24.8. The zero-order valence-electron chi connectivity index (χ0n) is 13.9. The molecule has 0 radical (unpaired) electrons. The van der Waals surface area contributed by atoms with Crippen molar-refractivity contribution in [1.29, 1.82) is 0 Å². The van der Waals surface area contributed by atoms with Crippen LogP contribution in [-0.2, 0) is 4.79 Å². The highest BCUT2D eigenvalue weighted by Crippen LogP contribution is 2.61. The van der Waals surface area contributed by atoms with Gasteiger partial charge in [-0.15, -0.1) is 0 Å². The maximum absolute atomic E-state index is 13.6. The first-order chi connectivity index (χ1) is 11.3. The van der Waals surface area contributed by atoms with Crippen molar-refractivity contribution >= 4 is 11.8 Å². The van der Waals surface area contributed by atoms with Crippen LogP contribution in [0.2, 0.25) is 0 Å². The van der Waals surface area contributed by atoms with Crippen molar-refractivity contribution in [3.05, 3.63) is 35.1 Å². The Bertz CT molecular complexity index is 696. The van der Waals surface area contributed by atoms with E-state index in [0.29, 0.717) is 23.8 Å². The molecule has 5 heteroatoms. The molecule has 4 saturated carbocycles. The number of aryl methyl sites for hydroxylation is 1. The van der Waals surface area contributed by atoms with E-state index in [2.05, 4.69) is 5.32 Å². The second-order valence-electron chi connectivity index (χ2n) is 8.36. The Hall–Kier alpha value is -1.91. The van der Waals surface area contributed by atoms with Crippen LogP contribution in [0.25, 0.3) is 0 Å². The van der Waals surface area contributed by atoms with E-state index in [4.69, 9.17) is 5.73 Å². The van der Waals surface area contributed by atoms with Gasteiger partial charge in [0.05, 0.1) is 5.41 Å². The fraction of sp³-hybridized carbons (Fsp3) is 0.579. The zero-order valence-corrected chi connectivity index (χ0v) is 13.9. The van der Waals surface area contributed by atoms with E-state index >= 15 is 0 Å². The molecule has 0 heterocycles. The van der Waals surface area contributed by atoms with Gasteiger partial charge in [-0.2, -0.15) is 0 Å². The number of hydrogen-bond donors (Lipinski definition) is 2. The molecule has 1 aromatic carbocycles. The Kier molecular flexibility index (Phi) is 3.28. The molecule has 4 aliphatic carbocycles. The predicted octanol–water partition coefficient (Wildman–Crippen LogP) is 2.69. The normalized spacial score (nSPS) is 36.6. The summed E-state index contributed by atoms with van der Waals surface area (Å²) in [6.45, 7) is 1.77. The summed E-state index contributed by atoms with van der Waals surface area (Å²) in [5, 5.41) is 3.16. The van der Waals surface area contributed by atoms with Crippen LogP contribution >= 0.6 is 0 Å². The predicted molar refractivity (Wildman–Crippen MR) is 87.6 cm³/mol. The van der Waals surface area contributed by atoms with Gasteiger partial charge in [0, 0.05) is 11.1 Å². The van der Waals surface area contributed by atoms with Crippen LogP contribution in [0.5, 0.6) is 0 Å². The summed E-state index contributed by atoms with van der Waals surface area (Å²) in [6, 6.07) is 4.37. The van der Waals surface area contributed by atoms with E-state index in [1.54, 1.807) is 13.0 Å². The lowest BCUT2D eigenvalue weighted by Gasteiger charge is -2.61. The van der Waals surface area contributed by atoms with Gasteiger partial charge in [-0.25, -0.2) is 4.39 Å². The molecule has 4 aliphatic rings. The third-order valence-electron chi connectivity index (χ3n) is 6.27. The van der Waals surface area contributed by atoms with E-state index in [1.807, 2.05) is 0 Å². The van der Waals surface area contributed by atoms with Crippen LogP contribution in [0.3, 0.4) is 0 Å². The van der Waals surface area contributed by atoms with Gasteiger partial charge in [-0.3, -0.25) is 9.59 Å². The molecule has 0 saturated heterocycles. The lowest BCUT2D eigenvalue weighted by molar-refractivity contribution is -0.146. The van der Waals surface area contributed by atoms with E-state index in [-0.39, 0.29) is 17.4 Å². The molecule has 4 fully saturated rings. The van der Waals surface area contributed by atoms with E-state index in [0.717, 1.165) is 37.7 Å². The number of nitrogens with two attached hydrogens (primary N) is 1. The van der Waals surface area contributed by atoms with Crippen molar-refractivity contribution in [3.8, 4) is 0 Å². The number of hydrogen-bond acceptors (Lipinski definition) is 2. The summed E-state index contributed by atoms with van der Waals surface area (Å²) in [5.41, 5.74) is 5.97. The number of carbonyl (C=O) groups is 2. The minimum atomic E-state index is -0.463. The van der Waals surface area contributed by atoms with Crippen molar-refractivity contribution in [2.24, 2.45) is 23.0 Å². The smallest absolute Gasteiger partial charge is 0.251 e. The fourth-order valence-electron chi connectivity index (χ4n) is 5.88. The van der Waals surface area contributed by atoms with Crippen molar-refractivity contribution in [2.45, 2.75) is 51.0 Å². The molecule has 2 unspecified atom stereocenters. The molecular formula is C19H23FN2O2. The van der Waals surface area contributed by atoms with Crippen molar-refractivity contribution in [1.82, 2.24) is 5.32 Å². The quantitative estimate of drug-likeness (QED) is 0.894. The van der Waals surface area contributed by atoms with Gasteiger partial charge >= 0.3 is 0 Å². The molecule has 0 aliphatic heterocycles. The summed E-state index contributed by atoms with van der Waals surface area (Å²) >= 11 is 0. The largest absolute Gasteiger partial charge is 0.369 e. The molecule has 0 spiro atoms. The van der Waals surface area contributed by atoms with Crippen LogP contribution < -0.4 is 11.1 Å². The van der Waals surface area contributed by atoms with Crippen LogP contribution in [-0.4, -0.2) is 17.4 Å². The summed E-state index contributed by atoms with van der Waals surface area (Å²) in [5.74, 6) is 0.0249. The maximum Gasteiger partial charge on any atom is 0.251 e. The third-order valence-corrected chi connectivity index (χ3v) is 6.27. The van der Waals surface area contributed by atoms with Crippen molar-refractivity contribution in [3.63, 3.8) is 0 Å². The lowest BCUT2D eigenvalue weighted by Crippen LogP contribution is -2.65. The number of carbonyl (C=O) groups excluding carboxylic acids is 2. The van der Waals surface area contributed by atoms with Gasteiger partial charge in [0.15, 0.2) is 0 Å². The van der Waals surface area contributed by atoms with Crippen LogP contribution in [0.4, 0.5) is 4.39 Å². The highest BCUT2D eigenvalue weighted by molar-refractivity contribution is 5.95. The second-order valence-corrected chi connectivity index (χ2v) is 8.36. The number of amides is 2. The second kappa shape index (κ2) is 5.04. The molecule has 4 nitrogen and oxygen atoms in total. The van der Waals surface area contributed by atoms with Crippen molar-refractivity contribution < 1.29 is 14.0 Å². The number of halogens is 1. The standard InChI is InChI=1S/C19H23FN2O2/c1-11-2-14(5-15(20)3-11)16(23)22-19-8-12-4-13(9-19)7-18(6-12,10-19)17(21)24/h2-3,5,12-13H,4,6-10H2,1H3,(H2,21,24)(H,22,23). The Morgan fingerprint density at radius 2 is 1.83 bits per heavy atom. The maximum atomic E-state index is 13.6. The molecule has 24 heavy (non-hydrogen) atoms. The highest BCUT2D eigenvalue weighted by atomic mass is 19.1. The van der Waals surface area contributed by atoms with Gasteiger partial charge in [0.1, 0.15) is 5.82 Å². The van der Waals surface area contributed by atoms with Gasteiger partial charge in [0.2, 0.25) is 5.91 Å². The van der Waals surface area contributed by atoms with E-state index < -0.39 is 11.2 Å². The molecule has 4 bridgehead atoms. The Balaban J connectivity index is 1.62. The number of nitrogens with one attached hydrogen (secondary N) is 1. The SMILES string of the molecule is Cc1cc(F)cc(C(=O)NC23CC4CC(C2)CC(C(N)=O)(C4)C3)c1. The summed E-state index contributed by atoms with van der Waals surface area (Å²) in [7, 11) is 0. The number of benzene rings is 1. The average Bonchev–Trinajstić information content (AvgIpc) is 2.44. The van der Waals surface area contributed by atoms with Crippen LogP contribution in [0, 0.1) is 30.0 Å². The van der Waals surface area contributed by atoms with Gasteiger partial charge in [-0.1, -0.05) is 0 Å².